The van der Waals surface area contributed by atoms with E-state index in [9.17, 15) is 19.2 Å². The summed E-state index contributed by atoms with van der Waals surface area (Å²) in [4.78, 5) is 48.2. The quantitative estimate of drug-likeness (QED) is 0.370. The molecular weight excluding hydrogens is 434 g/mol. The normalized spacial score (nSPS) is 10.1. The third-order valence-electron chi connectivity index (χ3n) is 3.61. The van der Waals surface area contributed by atoms with Crippen LogP contribution in [0.25, 0.3) is 0 Å². The van der Waals surface area contributed by atoms with Gasteiger partial charge in [-0.05, 0) is 30.3 Å². The summed E-state index contributed by atoms with van der Waals surface area (Å²) >= 11 is 7.20. The largest absolute Gasteiger partial charge is 0.465 e. The van der Waals surface area contributed by atoms with E-state index in [1.807, 2.05) is 0 Å². The van der Waals surface area contributed by atoms with Crippen LogP contribution in [0.3, 0.4) is 0 Å². The molecule has 0 bridgehead atoms. The lowest BCUT2D eigenvalue weighted by molar-refractivity contribution is -0.144. The highest BCUT2D eigenvalue weighted by atomic mass is 35.5. The standard InChI is InChI=1S/C20H18ClNO7S/c1-27-19(25)12-7-13(20(26)28-2)9-14(8-12)22-17(23)10-29-18(24)11-30-16-6-4-3-5-15(16)21/h3-9H,10-11H2,1-2H3,(H,22,23). The van der Waals surface area contributed by atoms with E-state index in [1.165, 1.54) is 44.2 Å². The second-order valence-electron chi connectivity index (χ2n) is 5.71. The minimum atomic E-state index is -0.695. The summed E-state index contributed by atoms with van der Waals surface area (Å²) in [5.74, 6) is -2.67. The Balaban J connectivity index is 1.95. The van der Waals surface area contributed by atoms with Crippen LogP contribution in [0.2, 0.25) is 5.02 Å². The summed E-state index contributed by atoms with van der Waals surface area (Å²) < 4.78 is 14.2. The molecule has 1 N–H and O–H groups in total. The topological polar surface area (TPSA) is 108 Å². The molecule has 1 amide bonds. The Labute approximate surface area is 181 Å². The molecule has 2 rings (SSSR count). The summed E-state index contributed by atoms with van der Waals surface area (Å²) in [7, 11) is 2.37. The number of halogens is 1. The summed E-state index contributed by atoms with van der Waals surface area (Å²) in [6, 6.07) is 11.0. The second kappa shape index (κ2) is 11.2. The minimum Gasteiger partial charge on any atom is -0.465 e. The Kier molecular flexibility index (Phi) is 8.70. The first-order valence-electron chi connectivity index (χ1n) is 8.48. The van der Waals surface area contributed by atoms with Crippen LogP contribution in [0.4, 0.5) is 5.69 Å². The van der Waals surface area contributed by atoms with Crippen LogP contribution in [0.15, 0.2) is 47.4 Å². The van der Waals surface area contributed by atoms with Crippen LogP contribution in [-0.2, 0) is 23.8 Å². The van der Waals surface area contributed by atoms with Crippen molar-refractivity contribution in [3.8, 4) is 0 Å². The molecule has 2 aromatic carbocycles. The number of rotatable bonds is 8. The number of hydrogen-bond acceptors (Lipinski definition) is 8. The Hall–Kier alpha value is -3.04. The van der Waals surface area contributed by atoms with E-state index in [0.29, 0.717) is 5.02 Å². The molecule has 2 aromatic rings. The van der Waals surface area contributed by atoms with Crippen molar-refractivity contribution in [3.63, 3.8) is 0 Å². The van der Waals surface area contributed by atoms with Gasteiger partial charge in [-0.15, -0.1) is 11.8 Å². The van der Waals surface area contributed by atoms with E-state index >= 15 is 0 Å². The first-order chi connectivity index (χ1) is 14.3. The van der Waals surface area contributed by atoms with Gasteiger partial charge in [0.25, 0.3) is 5.91 Å². The Morgan fingerprint density at radius 2 is 1.57 bits per heavy atom. The number of ether oxygens (including phenoxy) is 3. The van der Waals surface area contributed by atoms with Crippen molar-refractivity contribution in [2.24, 2.45) is 0 Å². The van der Waals surface area contributed by atoms with Gasteiger partial charge in [-0.25, -0.2) is 9.59 Å². The van der Waals surface area contributed by atoms with E-state index in [2.05, 4.69) is 14.8 Å². The van der Waals surface area contributed by atoms with Crippen molar-refractivity contribution in [3.05, 3.63) is 58.6 Å². The molecule has 0 saturated heterocycles. The summed E-state index contributed by atoms with van der Waals surface area (Å²) in [5.41, 5.74) is 0.234. The number of esters is 3. The SMILES string of the molecule is COC(=O)c1cc(NC(=O)COC(=O)CSc2ccccc2Cl)cc(C(=O)OC)c1. The van der Waals surface area contributed by atoms with Gasteiger partial charge in [0.15, 0.2) is 6.61 Å². The molecule has 0 heterocycles. The monoisotopic (exact) mass is 451 g/mol. The van der Waals surface area contributed by atoms with Gasteiger partial charge in [-0.2, -0.15) is 0 Å². The van der Waals surface area contributed by atoms with Gasteiger partial charge >= 0.3 is 17.9 Å². The van der Waals surface area contributed by atoms with Crippen molar-refractivity contribution in [1.82, 2.24) is 0 Å². The minimum absolute atomic E-state index is 0.0265. The number of amides is 1. The van der Waals surface area contributed by atoms with Gasteiger partial charge < -0.3 is 19.5 Å². The maximum Gasteiger partial charge on any atom is 0.337 e. The lowest BCUT2D eigenvalue weighted by atomic mass is 10.1. The molecular formula is C20H18ClNO7S. The van der Waals surface area contributed by atoms with Gasteiger partial charge in [0.1, 0.15) is 0 Å². The highest BCUT2D eigenvalue weighted by molar-refractivity contribution is 8.00. The fourth-order valence-electron chi connectivity index (χ4n) is 2.25. The Morgan fingerprint density at radius 3 is 2.13 bits per heavy atom. The van der Waals surface area contributed by atoms with Crippen LogP contribution >= 0.6 is 23.4 Å². The Morgan fingerprint density at radius 1 is 0.967 bits per heavy atom. The number of carbonyl (C=O) groups excluding carboxylic acids is 4. The van der Waals surface area contributed by atoms with E-state index in [-0.39, 0.29) is 22.6 Å². The van der Waals surface area contributed by atoms with Gasteiger partial charge in [0, 0.05) is 10.6 Å². The zero-order valence-electron chi connectivity index (χ0n) is 16.1. The van der Waals surface area contributed by atoms with E-state index in [0.717, 1.165) is 4.90 Å². The molecule has 0 atom stereocenters. The third-order valence-corrected chi connectivity index (χ3v) is 5.09. The smallest absolute Gasteiger partial charge is 0.337 e. The summed E-state index contributed by atoms with van der Waals surface area (Å²) in [6.45, 7) is -0.544. The fourth-order valence-corrected chi connectivity index (χ4v) is 3.29. The molecule has 0 aromatic heterocycles. The van der Waals surface area contributed by atoms with E-state index in [4.69, 9.17) is 16.3 Å². The van der Waals surface area contributed by atoms with Crippen LogP contribution in [0.1, 0.15) is 20.7 Å². The van der Waals surface area contributed by atoms with Crippen molar-refractivity contribution in [2.45, 2.75) is 4.90 Å². The molecule has 0 aliphatic carbocycles. The average molecular weight is 452 g/mol. The molecule has 30 heavy (non-hydrogen) atoms. The molecule has 10 heteroatoms. The average Bonchev–Trinajstić information content (AvgIpc) is 2.75. The zero-order valence-corrected chi connectivity index (χ0v) is 17.7. The lowest BCUT2D eigenvalue weighted by Gasteiger charge is -2.10. The van der Waals surface area contributed by atoms with Gasteiger partial charge in [0.05, 0.1) is 36.1 Å². The molecule has 0 fully saturated rings. The molecule has 0 aliphatic heterocycles. The number of hydrogen-bond donors (Lipinski definition) is 1. The van der Waals surface area contributed by atoms with Crippen LogP contribution < -0.4 is 5.32 Å². The number of benzene rings is 2. The van der Waals surface area contributed by atoms with Crippen molar-refractivity contribution in [2.75, 3.05) is 31.9 Å². The van der Waals surface area contributed by atoms with E-state index < -0.39 is 30.4 Å². The van der Waals surface area contributed by atoms with E-state index in [1.54, 1.807) is 24.3 Å². The van der Waals surface area contributed by atoms with Gasteiger partial charge in [-0.3, -0.25) is 9.59 Å². The second-order valence-corrected chi connectivity index (χ2v) is 7.13. The molecule has 0 saturated carbocycles. The molecule has 8 nitrogen and oxygen atoms in total. The Bertz CT molecular complexity index is 930. The molecule has 0 spiro atoms. The predicted molar refractivity (Wildman–Crippen MR) is 111 cm³/mol. The zero-order chi connectivity index (χ0) is 22.1. The number of thioether (sulfide) groups is 1. The number of methoxy groups -OCH3 is 2. The first kappa shape index (κ1) is 23.2. The maximum atomic E-state index is 12.1. The van der Waals surface area contributed by atoms with Crippen molar-refractivity contribution < 1.29 is 33.4 Å². The molecule has 0 aliphatic rings. The third kappa shape index (κ3) is 6.78. The maximum absolute atomic E-state index is 12.1. The van der Waals surface area contributed by atoms with Crippen molar-refractivity contribution in [1.29, 1.82) is 0 Å². The van der Waals surface area contributed by atoms with Crippen LogP contribution in [0.5, 0.6) is 0 Å². The lowest BCUT2D eigenvalue weighted by Crippen LogP contribution is -2.22. The predicted octanol–water partition coefficient (Wildman–Crippen LogP) is 3.19. The van der Waals surface area contributed by atoms with Crippen LogP contribution in [-0.4, -0.2) is 50.4 Å². The first-order valence-corrected chi connectivity index (χ1v) is 9.85. The number of carbonyl (C=O) groups is 4. The van der Waals surface area contributed by atoms with Crippen molar-refractivity contribution >= 4 is 52.9 Å². The number of nitrogens with one attached hydrogen (secondary N) is 1. The fraction of sp³-hybridized carbons (Fsp3) is 0.200. The van der Waals surface area contributed by atoms with Gasteiger partial charge in [0.2, 0.25) is 0 Å². The number of anilines is 1. The molecule has 0 radical (unpaired) electrons. The molecule has 158 valence electrons. The summed E-state index contributed by atoms with van der Waals surface area (Å²) in [6.07, 6.45) is 0. The van der Waals surface area contributed by atoms with Gasteiger partial charge in [-0.1, -0.05) is 23.7 Å². The highest BCUT2D eigenvalue weighted by Crippen LogP contribution is 2.26. The summed E-state index contributed by atoms with van der Waals surface area (Å²) in [5, 5.41) is 2.97. The highest BCUT2D eigenvalue weighted by Gasteiger charge is 2.16. The molecule has 0 unspecified atom stereocenters. The van der Waals surface area contributed by atoms with Crippen LogP contribution in [0, 0.1) is 0 Å².